The Balaban J connectivity index is 4.30. The van der Waals surface area contributed by atoms with Gasteiger partial charge in [-0.25, -0.2) is 4.79 Å². The minimum atomic E-state index is -0.877. The molecule has 0 amide bonds. The topological polar surface area (TPSA) is 99.1 Å². The minimum absolute atomic E-state index is 0.0569. The van der Waals surface area contributed by atoms with Gasteiger partial charge >= 0.3 is 17.9 Å². The van der Waals surface area contributed by atoms with Gasteiger partial charge in [0.05, 0.1) is 34.4 Å². The van der Waals surface area contributed by atoms with Gasteiger partial charge in [-0.1, -0.05) is 166 Å². The van der Waals surface area contributed by atoms with Crippen LogP contribution in [0, 0.1) is 0 Å². The van der Waals surface area contributed by atoms with Crippen LogP contribution in [-0.4, -0.2) is 80.6 Å². The molecule has 0 spiro atoms. The zero-order valence-electron chi connectivity index (χ0n) is 38.5. The fourth-order valence-electron chi connectivity index (χ4n) is 7.02. The van der Waals surface area contributed by atoms with Gasteiger partial charge in [0, 0.05) is 19.3 Å². The highest BCUT2D eigenvalue weighted by Gasteiger charge is 2.31. The van der Waals surface area contributed by atoms with Gasteiger partial charge in [-0.2, -0.15) is 0 Å². The molecule has 0 saturated heterocycles. The maximum absolute atomic E-state index is 12.8. The number of aliphatic carboxylic acids is 1. The average molecular weight is 819 g/mol. The van der Waals surface area contributed by atoms with Crippen LogP contribution in [0.4, 0.5) is 0 Å². The van der Waals surface area contributed by atoms with Crippen molar-refractivity contribution in [3.8, 4) is 0 Å². The molecule has 0 radical (unpaired) electrons. The Kier molecular flexibility index (Phi) is 39.5. The summed E-state index contributed by atoms with van der Waals surface area (Å²) in [6.45, 7) is 4.71. The maximum Gasteiger partial charge on any atom is 0.362 e. The van der Waals surface area contributed by atoms with E-state index >= 15 is 0 Å². The quantitative estimate of drug-likeness (QED) is 0.0215. The molecule has 0 aromatic rings. The Hall–Kier alpha value is -2.45. The lowest BCUT2D eigenvalue weighted by Gasteiger charge is -2.31. The van der Waals surface area contributed by atoms with E-state index in [0.29, 0.717) is 19.3 Å². The van der Waals surface area contributed by atoms with E-state index in [1.165, 1.54) is 135 Å². The molecule has 0 aromatic carbocycles. The first kappa shape index (κ1) is 55.5. The number of carboxylic acids is 1. The second-order valence-corrected chi connectivity index (χ2v) is 17.4. The summed E-state index contributed by atoms with van der Waals surface area (Å²) in [7, 11) is 5.53. The van der Waals surface area contributed by atoms with Crippen LogP contribution < -0.4 is 0 Å². The number of hydrogen-bond acceptors (Lipinski definition) is 6. The third-order valence-electron chi connectivity index (χ3n) is 10.8. The monoisotopic (exact) mass is 819 g/mol. The lowest BCUT2D eigenvalue weighted by Crippen LogP contribution is -2.50. The van der Waals surface area contributed by atoms with Crippen molar-refractivity contribution in [2.45, 2.75) is 225 Å². The van der Waals surface area contributed by atoms with Crippen LogP contribution >= 0.6 is 0 Å². The molecule has 0 fully saturated rings. The largest absolute Gasteiger partial charge is 0.477 e. The second-order valence-electron chi connectivity index (χ2n) is 17.4. The summed E-state index contributed by atoms with van der Waals surface area (Å²) < 4.78 is 17.3. The Bertz CT molecular complexity index is 1050. The van der Waals surface area contributed by atoms with E-state index in [0.717, 1.165) is 44.9 Å². The number of unbranched alkanes of at least 4 members (excludes halogenated alkanes) is 24. The van der Waals surface area contributed by atoms with Crippen LogP contribution in [0.25, 0.3) is 0 Å². The van der Waals surface area contributed by atoms with Crippen molar-refractivity contribution in [1.29, 1.82) is 0 Å². The van der Waals surface area contributed by atoms with Crippen molar-refractivity contribution in [3.63, 3.8) is 0 Å². The number of nitrogens with zero attached hydrogens (tertiary/aromatic N) is 1. The molecule has 0 bridgehead atoms. The molecule has 0 rings (SSSR count). The Morgan fingerprint density at radius 2 is 0.914 bits per heavy atom. The minimum Gasteiger partial charge on any atom is -0.477 e. The van der Waals surface area contributed by atoms with Crippen LogP contribution in [0.5, 0.6) is 0 Å². The molecule has 338 valence electrons. The molecule has 0 aliphatic heterocycles. The number of ether oxygens (including phenoxy) is 3. The van der Waals surface area contributed by atoms with Crippen LogP contribution in [0.1, 0.15) is 213 Å². The van der Waals surface area contributed by atoms with Crippen LogP contribution in [-0.2, 0) is 28.6 Å². The third-order valence-corrected chi connectivity index (χ3v) is 10.8. The average Bonchev–Trinajstić information content (AvgIpc) is 3.18. The van der Waals surface area contributed by atoms with Gasteiger partial charge in [-0.05, 0) is 64.2 Å². The normalized spacial score (nSPS) is 13.2. The summed E-state index contributed by atoms with van der Waals surface area (Å²) in [6, 6.07) is -0.616. The third kappa shape index (κ3) is 39.0. The van der Waals surface area contributed by atoms with Crippen LogP contribution in [0.15, 0.2) is 36.5 Å². The molecule has 0 heterocycles. The summed E-state index contributed by atoms with van der Waals surface area (Å²) in [6.07, 6.45) is 47.5. The van der Waals surface area contributed by atoms with E-state index < -0.39 is 18.1 Å². The maximum atomic E-state index is 12.8. The van der Waals surface area contributed by atoms with Gasteiger partial charge in [0.15, 0.2) is 12.1 Å². The number of esters is 2. The van der Waals surface area contributed by atoms with Crippen LogP contribution in [0.2, 0.25) is 0 Å². The van der Waals surface area contributed by atoms with E-state index in [1.807, 2.05) is 21.1 Å². The molecule has 0 aliphatic carbocycles. The van der Waals surface area contributed by atoms with Crippen molar-refractivity contribution in [2.75, 3.05) is 41.0 Å². The Labute approximate surface area is 357 Å². The van der Waals surface area contributed by atoms with Crippen molar-refractivity contribution in [2.24, 2.45) is 0 Å². The Morgan fingerprint density at radius 1 is 0.517 bits per heavy atom. The fourth-order valence-corrected chi connectivity index (χ4v) is 7.02. The number of carboxylic acid groups (broad SMARTS) is 1. The van der Waals surface area contributed by atoms with Gasteiger partial charge in [-0.15, -0.1) is 0 Å². The molecular formula is C50H92NO7+. The number of carbonyl (C=O) groups excluding carboxylic acids is 2. The molecule has 0 aromatic heterocycles. The zero-order valence-corrected chi connectivity index (χ0v) is 38.5. The van der Waals surface area contributed by atoms with E-state index in [-0.39, 0.29) is 36.2 Å². The summed E-state index contributed by atoms with van der Waals surface area (Å²) in [5.41, 5.74) is 0. The van der Waals surface area contributed by atoms with Gasteiger partial charge < -0.3 is 23.8 Å². The molecule has 0 aliphatic rings. The predicted molar refractivity (Wildman–Crippen MR) is 243 cm³/mol. The molecule has 8 heteroatoms. The van der Waals surface area contributed by atoms with Crippen molar-refractivity contribution < 1.29 is 38.2 Å². The first-order valence-corrected chi connectivity index (χ1v) is 24.0. The van der Waals surface area contributed by atoms with Gasteiger partial charge in [-0.3, -0.25) is 9.59 Å². The number of likely N-dealkylation sites (N-methyl/N-ethyl adjacent to an activating group) is 1. The Morgan fingerprint density at radius 3 is 1.38 bits per heavy atom. The number of rotatable bonds is 43. The standard InChI is InChI=1S/C50H91NO7/c1-6-8-10-12-14-16-18-20-22-23-24-25-27-29-31-33-35-37-39-41-49(53)58-46(44-56-43-42-47(50(54)55)51(3,4)5)45-57-48(52)40-38-36-34-32-30-28-26-21-19-17-15-13-11-9-7-2/h15,17,19,21,23-24,46-47H,6-14,16,18,20,22,25-45H2,1-5H3/p+1/b17-15+,21-19+,24-23+. The number of carbonyl (C=O) groups is 3. The summed E-state index contributed by atoms with van der Waals surface area (Å²) in [5.74, 6) is -1.48. The number of hydrogen-bond donors (Lipinski definition) is 1. The van der Waals surface area contributed by atoms with E-state index in [9.17, 15) is 19.5 Å². The lowest BCUT2D eigenvalue weighted by atomic mass is 10.1. The first-order chi connectivity index (χ1) is 28.1. The summed E-state index contributed by atoms with van der Waals surface area (Å²) >= 11 is 0. The van der Waals surface area contributed by atoms with Crippen molar-refractivity contribution in [1.82, 2.24) is 0 Å². The van der Waals surface area contributed by atoms with E-state index in [4.69, 9.17) is 14.2 Å². The molecule has 0 saturated carbocycles. The first-order valence-electron chi connectivity index (χ1n) is 24.0. The molecule has 1 N–H and O–H groups in total. The fraction of sp³-hybridized carbons (Fsp3) is 0.820. The molecule has 8 nitrogen and oxygen atoms in total. The summed E-state index contributed by atoms with van der Waals surface area (Å²) in [5, 5.41) is 9.63. The van der Waals surface area contributed by atoms with Crippen molar-refractivity contribution >= 4 is 17.9 Å². The highest BCUT2D eigenvalue weighted by Crippen LogP contribution is 2.15. The molecule has 2 atom stereocenters. The lowest BCUT2D eigenvalue weighted by molar-refractivity contribution is -0.887. The highest BCUT2D eigenvalue weighted by molar-refractivity contribution is 5.72. The zero-order chi connectivity index (χ0) is 42.8. The SMILES string of the molecule is CCCCC/C=C/C=C/CCCCCCCCC(=O)OCC(COCCC(C(=O)O)[N+](C)(C)C)OC(=O)CCCCCCCCC/C=C/CCCCCCCCCC. The highest BCUT2D eigenvalue weighted by atomic mass is 16.6. The predicted octanol–water partition coefficient (Wildman–Crippen LogP) is 13.4. The van der Waals surface area contributed by atoms with Gasteiger partial charge in [0.25, 0.3) is 0 Å². The molecule has 58 heavy (non-hydrogen) atoms. The second kappa shape index (κ2) is 41.3. The number of quaternary nitrogens is 1. The molecular weight excluding hydrogens is 727 g/mol. The van der Waals surface area contributed by atoms with E-state index in [1.54, 1.807) is 0 Å². The smallest absolute Gasteiger partial charge is 0.362 e. The number of allylic oxidation sites excluding steroid dienone is 6. The van der Waals surface area contributed by atoms with Crippen LogP contribution in [0.3, 0.4) is 0 Å². The van der Waals surface area contributed by atoms with Crippen molar-refractivity contribution in [3.05, 3.63) is 36.5 Å². The summed E-state index contributed by atoms with van der Waals surface area (Å²) in [4.78, 5) is 37.1. The van der Waals surface area contributed by atoms with Gasteiger partial charge in [0.1, 0.15) is 6.61 Å². The van der Waals surface area contributed by atoms with E-state index in [2.05, 4.69) is 50.3 Å². The molecule has 2 unspecified atom stereocenters. The van der Waals surface area contributed by atoms with Gasteiger partial charge in [0.2, 0.25) is 0 Å².